The monoisotopic (exact) mass is 355 g/mol. The lowest BCUT2D eigenvalue weighted by Crippen LogP contribution is -2.10. The lowest BCUT2D eigenvalue weighted by Gasteiger charge is -2.09. The third kappa shape index (κ3) is 2.99. The first-order valence-corrected chi connectivity index (χ1v) is 8.80. The van der Waals surface area contributed by atoms with E-state index in [1.165, 1.54) is 6.33 Å². The molecule has 0 saturated heterocycles. The number of benzene rings is 2. The van der Waals surface area contributed by atoms with Gasteiger partial charge in [-0.15, -0.1) is 0 Å². The summed E-state index contributed by atoms with van der Waals surface area (Å²) in [5.74, 6) is 2.38. The number of rotatable bonds is 5. The molecule has 5 aromatic rings. The van der Waals surface area contributed by atoms with Gasteiger partial charge in [-0.2, -0.15) is 14.6 Å². The first-order chi connectivity index (χ1) is 13.4. The summed E-state index contributed by atoms with van der Waals surface area (Å²) in [4.78, 5) is 16.8. The van der Waals surface area contributed by atoms with Crippen molar-refractivity contribution in [2.24, 2.45) is 0 Å². The van der Waals surface area contributed by atoms with Crippen LogP contribution < -0.4 is 5.32 Å². The molecule has 0 spiro atoms. The molecule has 0 aliphatic heterocycles. The lowest BCUT2D eigenvalue weighted by atomic mass is 10.1. The van der Waals surface area contributed by atoms with Crippen molar-refractivity contribution >= 4 is 22.6 Å². The van der Waals surface area contributed by atoms with E-state index in [1.807, 2.05) is 60.7 Å². The topological polar surface area (TPSA) is 83.8 Å². The third-order valence-electron chi connectivity index (χ3n) is 4.43. The Hall–Kier alpha value is -3.74. The van der Waals surface area contributed by atoms with Crippen molar-refractivity contribution in [1.29, 1.82) is 0 Å². The molecular formula is C20H17N7. The van der Waals surface area contributed by atoms with Gasteiger partial charge in [0.05, 0.1) is 16.7 Å². The van der Waals surface area contributed by atoms with Gasteiger partial charge < -0.3 is 10.3 Å². The van der Waals surface area contributed by atoms with Gasteiger partial charge in [0.1, 0.15) is 18.0 Å². The number of aromatic nitrogens is 6. The van der Waals surface area contributed by atoms with Crippen molar-refractivity contribution in [3.63, 3.8) is 0 Å². The summed E-state index contributed by atoms with van der Waals surface area (Å²) in [5.41, 5.74) is 3.95. The van der Waals surface area contributed by atoms with Gasteiger partial charge in [0.15, 0.2) is 0 Å². The van der Waals surface area contributed by atoms with Crippen LogP contribution in [0.3, 0.4) is 0 Å². The number of fused-ring (bicyclic) bond motifs is 2. The number of hydrogen-bond donors (Lipinski definition) is 2. The summed E-state index contributed by atoms with van der Waals surface area (Å²) >= 11 is 0. The van der Waals surface area contributed by atoms with E-state index in [9.17, 15) is 0 Å². The number of hydrogen-bond acceptors (Lipinski definition) is 5. The Balaban J connectivity index is 1.40. The number of imidazole rings is 1. The Kier molecular flexibility index (Phi) is 3.75. The van der Waals surface area contributed by atoms with Gasteiger partial charge in [0, 0.05) is 24.6 Å². The number of anilines is 1. The van der Waals surface area contributed by atoms with Gasteiger partial charge in [-0.05, 0) is 12.1 Å². The van der Waals surface area contributed by atoms with Gasteiger partial charge >= 0.3 is 0 Å². The maximum Gasteiger partial charge on any atom is 0.254 e. The van der Waals surface area contributed by atoms with Crippen molar-refractivity contribution in [3.05, 3.63) is 72.8 Å². The number of para-hydroxylation sites is 2. The highest BCUT2D eigenvalue weighted by molar-refractivity contribution is 5.74. The van der Waals surface area contributed by atoms with Crippen LogP contribution >= 0.6 is 0 Å². The minimum Gasteiger partial charge on any atom is -0.369 e. The van der Waals surface area contributed by atoms with E-state index >= 15 is 0 Å². The van der Waals surface area contributed by atoms with E-state index in [2.05, 4.69) is 30.4 Å². The van der Waals surface area contributed by atoms with Crippen LogP contribution in [0.2, 0.25) is 0 Å². The fraction of sp³-hybridized carbons (Fsp3) is 0.100. The van der Waals surface area contributed by atoms with Crippen molar-refractivity contribution in [3.8, 4) is 11.3 Å². The van der Waals surface area contributed by atoms with Gasteiger partial charge in [0.25, 0.3) is 5.78 Å². The molecule has 3 heterocycles. The zero-order valence-electron chi connectivity index (χ0n) is 14.5. The van der Waals surface area contributed by atoms with Gasteiger partial charge in [-0.25, -0.2) is 9.97 Å². The molecule has 0 bridgehead atoms. The molecule has 0 aliphatic carbocycles. The van der Waals surface area contributed by atoms with Crippen LogP contribution in [-0.2, 0) is 6.42 Å². The highest BCUT2D eigenvalue weighted by Gasteiger charge is 2.09. The molecule has 0 atom stereocenters. The highest BCUT2D eigenvalue weighted by Crippen LogP contribution is 2.21. The number of H-pyrrole nitrogens is 1. The average molecular weight is 355 g/mol. The molecule has 0 amide bonds. The first kappa shape index (κ1) is 15.5. The van der Waals surface area contributed by atoms with Gasteiger partial charge in [-0.1, -0.05) is 42.5 Å². The van der Waals surface area contributed by atoms with E-state index < -0.39 is 0 Å². The van der Waals surface area contributed by atoms with E-state index in [0.717, 1.165) is 40.4 Å². The molecule has 27 heavy (non-hydrogen) atoms. The Morgan fingerprint density at radius 1 is 0.963 bits per heavy atom. The number of aromatic amines is 1. The van der Waals surface area contributed by atoms with Crippen LogP contribution in [0.15, 0.2) is 67.0 Å². The predicted octanol–water partition coefficient (Wildman–Crippen LogP) is 3.32. The van der Waals surface area contributed by atoms with E-state index in [4.69, 9.17) is 0 Å². The molecule has 0 radical (unpaired) electrons. The van der Waals surface area contributed by atoms with Crippen LogP contribution in [0.25, 0.3) is 28.1 Å². The van der Waals surface area contributed by atoms with Crippen LogP contribution in [0.5, 0.6) is 0 Å². The minimum atomic E-state index is 0.572. The Morgan fingerprint density at radius 3 is 2.70 bits per heavy atom. The smallest absolute Gasteiger partial charge is 0.254 e. The van der Waals surface area contributed by atoms with Crippen LogP contribution in [0.1, 0.15) is 5.82 Å². The van der Waals surface area contributed by atoms with Crippen molar-refractivity contribution in [2.75, 3.05) is 11.9 Å². The van der Waals surface area contributed by atoms with Crippen molar-refractivity contribution < 1.29 is 0 Å². The summed E-state index contributed by atoms with van der Waals surface area (Å²) < 4.78 is 1.71. The predicted molar refractivity (Wildman–Crippen MR) is 105 cm³/mol. The second kappa shape index (κ2) is 6.53. The second-order valence-electron chi connectivity index (χ2n) is 6.24. The zero-order chi connectivity index (χ0) is 18.1. The third-order valence-corrected chi connectivity index (χ3v) is 4.43. The number of nitrogens with one attached hydrogen (secondary N) is 2. The molecule has 132 valence electrons. The van der Waals surface area contributed by atoms with Gasteiger partial charge in [-0.3, -0.25) is 0 Å². The Labute approximate surface area is 155 Å². The number of nitrogens with zero attached hydrogens (tertiary/aromatic N) is 5. The summed E-state index contributed by atoms with van der Waals surface area (Å²) in [6.07, 6.45) is 2.29. The highest BCUT2D eigenvalue weighted by atomic mass is 15.3. The summed E-state index contributed by atoms with van der Waals surface area (Å²) in [6.45, 7) is 0.715. The Morgan fingerprint density at radius 2 is 1.81 bits per heavy atom. The molecule has 0 fully saturated rings. The molecule has 2 aromatic carbocycles. The lowest BCUT2D eigenvalue weighted by molar-refractivity contribution is 0.891. The van der Waals surface area contributed by atoms with E-state index in [1.54, 1.807) is 4.52 Å². The SMILES string of the molecule is c1ccc(-c2cc(NCCc3nc4ccccc4[nH]3)n3ncnc3n2)cc1. The maximum atomic E-state index is 4.62. The molecule has 2 N–H and O–H groups in total. The van der Waals surface area contributed by atoms with Crippen LogP contribution in [-0.4, -0.2) is 36.1 Å². The van der Waals surface area contributed by atoms with Gasteiger partial charge in [0.2, 0.25) is 0 Å². The summed E-state index contributed by atoms with van der Waals surface area (Å²) in [6, 6.07) is 20.1. The zero-order valence-corrected chi connectivity index (χ0v) is 14.5. The molecule has 7 nitrogen and oxygen atoms in total. The maximum absolute atomic E-state index is 4.62. The minimum absolute atomic E-state index is 0.572. The normalized spacial score (nSPS) is 11.3. The molecule has 0 saturated carbocycles. The second-order valence-corrected chi connectivity index (χ2v) is 6.24. The molecule has 0 aliphatic rings. The summed E-state index contributed by atoms with van der Waals surface area (Å²) in [5, 5.41) is 7.71. The fourth-order valence-corrected chi connectivity index (χ4v) is 3.13. The standard InChI is InChI=1S/C20H17N7/c1-2-6-14(7-3-1)17-12-19(27-20(26-17)22-13-23-27)21-11-10-18-24-15-8-4-5-9-16(15)25-18/h1-9,12-13,21H,10-11H2,(H,24,25). The van der Waals surface area contributed by atoms with Crippen molar-refractivity contribution in [1.82, 2.24) is 29.5 Å². The average Bonchev–Trinajstić information content (AvgIpc) is 3.35. The van der Waals surface area contributed by atoms with Crippen LogP contribution in [0, 0.1) is 0 Å². The molecule has 3 aromatic heterocycles. The van der Waals surface area contributed by atoms with E-state index in [-0.39, 0.29) is 0 Å². The molecule has 0 unspecified atom stereocenters. The van der Waals surface area contributed by atoms with E-state index in [0.29, 0.717) is 12.3 Å². The Bertz CT molecular complexity index is 1170. The molecule has 5 rings (SSSR count). The van der Waals surface area contributed by atoms with Crippen LogP contribution in [0.4, 0.5) is 5.82 Å². The summed E-state index contributed by atoms with van der Waals surface area (Å²) in [7, 11) is 0. The van der Waals surface area contributed by atoms with Crippen molar-refractivity contribution in [2.45, 2.75) is 6.42 Å². The molecular weight excluding hydrogens is 338 g/mol. The largest absolute Gasteiger partial charge is 0.369 e. The fourth-order valence-electron chi connectivity index (χ4n) is 3.13. The quantitative estimate of drug-likeness (QED) is 0.505. The first-order valence-electron chi connectivity index (χ1n) is 8.80. The molecule has 7 heteroatoms.